The number of carbonyl (C=O) groups is 2. The highest BCUT2D eigenvalue weighted by atomic mass is 19.1. The van der Waals surface area contributed by atoms with Gasteiger partial charge in [0.1, 0.15) is 5.82 Å². The lowest BCUT2D eigenvalue weighted by Crippen LogP contribution is -2.37. The van der Waals surface area contributed by atoms with E-state index in [9.17, 15) is 14.0 Å². The molecule has 2 rings (SSSR count). The molecule has 2 amide bonds. The van der Waals surface area contributed by atoms with Gasteiger partial charge < -0.3 is 15.7 Å². The second-order valence-corrected chi connectivity index (χ2v) is 4.69. The third kappa shape index (κ3) is 3.21. The quantitative estimate of drug-likeness (QED) is 0.783. The molecule has 0 aromatic heterocycles. The molecule has 0 heterocycles. The van der Waals surface area contributed by atoms with E-state index in [1.807, 2.05) is 6.92 Å². The van der Waals surface area contributed by atoms with Gasteiger partial charge in [-0.2, -0.15) is 0 Å². The Morgan fingerprint density at radius 1 is 1.42 bits per heavy atom. The number of hydrogen-bond donors (Lipinski definition) is 3. The molecule has 102 valence electrons. The van der Waals surface area contributed by atoms with Crippen LogP contribution in [0.25, 0.3) is 0 Å². The lowest BCUT2D eigenvalue weighted by molar-refractivity contribution is 0.0697. The van der Waals surface area contributed by atoms with Gasteiger partial charge in [-0.15, -0.1) is 0 Å². The molecule has 3 N–H and O–H groups in total. The van der Waals surface area contributed by atoms with Crippen molar-refractivity contribution < 1.29 is 19.1 Å². The Labute approximate surface area is 109 Å². The smallest absolute Gasteiger partial charge is 0.337 e. The van der Waals surface area contributed by atoms with Gasteiger partial charge in [0.05, 0.1) is 11.3 Å². The summed E-state index contributed by atoms with van der Waals surface area (Å²) in [5, 5.41) is 13.9. The van der Waals surface area contributed by atoms with Crippen LogP contribution in [-0.2, 0) is 0 Å². The van der Waals surface area contributed by atoms with Gasteiger partial charge >= 0.3 is 12.0 Å². The monoisotopic (exact) mass is 266 g/mol. The summed E-state index contributed by atoms with van der Waals surface area (Å²) in [6.45, 7) is 1.87. The van der Waals surface area contributed by atoms with Gasteiger partial charge in [0.2, 0.25) is 0 Å². The Hall–Kier alpha value is -2.11. The van der Waals surface area contributed by atoms with E-state index in [1.165, 1.54) is 12.1 Å². The van der Waals surface area contributed by atoms with Gasteiger partial charge in [0.25, 0.3) is 0 Å². The number of carbonyl (C=O) groups excluding carboxylic acids is 1. The number of rotatable bonds is 4. The third-order valence-corrected chi connectivity index (χ3v) is 3.17. The van der Waals surface area contributed by atoms with Crippen molar-refractivity contribution in [1.29, 1.82) is 0 Å². The summed E-state index contributed by atoms with van der Waals surface area (Å²) in [5.74, 6) is -1.59. The number of carboxylic acid groups (broad SMARTS) is 1. The van der Waals surface area contributed by atoms with Crippen LogP contribution in [0.1, 0.15) is 30.1 Å². The number of nitrogens with one attached hydrogen (secondary N) is 2. The van der Waals surface area contributed by atoms with Crippen LogP contribution < -0.4 is 10.6 Å². The molecule has 0 bridgehead atoms. The van der Waals surface area contributed by atoms with E-state index in [0.29, 0.717) is 5.92 Å². The van der Waals surface area contributed by atoms with E-state index in [4.69, 9.17) is 5.11 Å². The summed E-state index contributed by atoms with van der Waals surface area (Å²) >= 11 is 0. The van der Waals surface area contributed by atoms with E-state index in [-0.39, 0.29) is 17.3 Å². The maximum atomic E-state index is 13.6. The van der Waals surface area contributed by atoms with Crippen LogP contribution in [0.4, 0.5) is 14.9 Å². The van der Waals surface area contributed by atoms with Crippen LogP contribution in [0.15, 0.2) is 18.2 Å². The zero-order valence-corrected chi connectivity index (χ0v) is 10.4. The third-order valence-electron chi connectivity index (χ3n) is 3.17. The molecule has 1 aromatic rings. The molecular weight excluding hydrogens is 251 g/mol. The number of halogens is 1. The van der Waals surface area contributed by atoms with Crippen LogP contribution in [0.2, 0.25) is 0 Å². The molecular formula is C13H15FN2O3. The van der Waals surface area contributed by atoms with Crippen LogP contribution in [0.5, 0.6) is 0 Å². The number of amides is 2. The zero-order chi connectivity index (χ0) is 14.0. The largest absolute Gasteiger partial charge is 0.478 e. The Bertz CT molecular complexity index is 515. The minimum Gasteiger partial charge on any atom is -0.478 e. The van der Waals surface area contributed by atoms with Crippen molar-refractivity contribution in [1.82, 2.24) is 5.32 Å². The van der Waals surface area contributed by atoms with Gasteiger partial charge in [-0.25, -0.2) is 14.0 Å². The molecule has 1 aromatic carbocycles. The number of urea groups is 1. The van der Waals surface area contributed by atoms with E-state index in [1.54, 1.807) is 0 Å². The van der Waals surface area contributed by atoms with Crippen molar-refractivity contribution in [3.05, 3.63) is 29.6 Å². The van der Waals surface area contributed by atoms with E-state index in [0.717, 1.165) is 18.9 Å². The fraction of sp³-hybridized carbons (Fsp3) is 0.385. The van der Waals surface area contributed by atoms with E-state index < -0.39 is 17.8 Å². The second kappa shape index (κ2) is 5.26. The molecule has 1 aliphatic rings. The molecule has 6 heteroatoms. The fourth-order valence-electron chi connectivity index (χ4n) is 1.90. The molecule has 1 saturated carbocycles. The molecule has 0 spiro atoms. The minimum absolute atomic E-state index is 0.0000477. The summed E-state index contributed by atoms with van der Waals surface area (Å²) in [5.41, 5.74) is -0.579. The SMILES string of the molecule is CC(NC(=O)Nc1c(F)cccc1C(=O)O)C1CC1. The summed E-state index contributed by atoms with van der Waals surface area (Å²) < 4.78 is 13.6. The van der Waals surface area contributed by atoms with Crippen LogP contribution in [-0.4, -0.2) is 23.1 Å². The summed E-state index contributed by atoms with van der Waals surface area (Å²) in [4.78, 5) is 22.7. The zero-order valence-electron chi connectivity index (χ0n) is 10.4. The molecule has 5 nitrogen and oxygen atoms in total. The number of benzene rings is 1. The fourth-order valence-corrected chi connectivity index (χ4v) is 1.90. The van der Waals surface area contributed by atoms with Crippen molar-refractivity contribution >= 4 is 17.7 Å². The van der Waals surface area contributed by atoms with Gasteiger partial charge in [0, 0.05) is 6.04 Å². The van der Waals surface area contributed by atoms with Gasteiger partial charge in [-0.3, -0.25) is 0 Å². The predicted molar refractivity (Wildman–Crippen MR) is 67.7 cm³/mol. The van der Waals surface area contributed by atoms with Crippen molar-refractivity contribution in [2.75, 3.05) is 5.32 Å². The van der Waals surface area contributed by atoms with Crippen LogP contribution >= 0.6 is 0 Å². The van der Waals surface area contributed by atoms with Crippen molar-refractivity contribution in [3.8, 4) is 0 Å². The van der Waals surface area contributed by atoms with Gasteiger partial charge in [-0.05, 0) is 37.8 Å². The standard InChI is InChI=1S/C13H15FN2O3/c1-7(8-5-6-8)15-13(19)16-11-9(12(17)18)3-2-4-10(11)14/h2-4,7-8H,5-6H2,1H3,(H,17,18)(H2,15,16,19). The lowest BCUT2D eigenvalue weighted by atomic mass is 10.1. The first-order valence-corrected chi connectivity index (χ1v) is 6.08. The average Bonchev–Trinajstić information content (AvgIpc) is 3.15. The summed E-state index contributed by atoms with van der Waals surface area (Å²) in [7, 11) is 0. The van der Waals surface area contributed by atoms with Gasteiger partial charge in [-0.1, -0.05) is 6.07 Å². The number of hydrogen-bond acceptors (Lipinski definition) is 2. The van der Waals surface area contributed by atoms with Crippen molar-refractivity contribution in [2.24, 2.45) is 5.92 Å². The number of anilines is 1. The minimum atomic E-state index is -1.29. The Kier molecular flexibility index (Phi) is 3.69. The average molecular weight is 266 g/mol. The number of aromatic carboxylic acids is 1. The maximum Gasteiger partial charge on any atom is 0.337 e. The maximum absolute atomic E-state index is 13.6. The van der Waals surface area contributed by atoms with Gasteiger partial charge in [0.15, 0.2) is 0 Å². The van der Waals surface area contributed by atoms with E-state index >= 15 is 0 Å². The Balaban J connectivity index is 2.09. The van der Waals surface area contributed by atoms with Crippen LogP contribution in [0.3, 0.4) is 0 Å². The molecule has 1 atom stereocenters. The summed E-state index contributed by atoms with van der Waals surface area (Å²) in [6, 6.07) is 3.04. The van der Waals surface area contributed by atoms with Crippen LogP contribution in [0, 0.1) is 11.7 Å². The molecule has 0 saturated heterocycles. The van der Waals surface area contributed by atoms with Crippen molar-refractivity contribution in [3.63, 3.8) is 0 Å². The molecule has 1 fully saturated rings. The normalized spacial score (nSPS) is 15.7. The molecule has 19 heavy (non-hydrogen) atoms. The molecule has 0 aliphatic heterocycles. The van der Waals surface area contributed by atoms with Crippen molar-refractivity contribution in [2.45, 2.75) is 25.8 Å². The first-order chi connectivity index (χ1) is 8.99. The first-order valence-electron chi connectivity index (χ1n) is 6.08. The highest BCUT2D eigenvalue weighted by Gasteiger charge is 2.29. The first kappa shape index (κ1) is 13.3. The van der Waals surface area contributed by atoms with E-state index in [2.05, 4.69) is 10.6 Å². The predicted octanol–water partition coefficient (Wildman–Crippen LogP) is 2.44. The Morgan fingerprint density at radius 3 is 2.68 bits per heavy atom. The molecule has 1 aliphatic carbocycles. The topological polar surface area (TPSA) is 78.4 Å². The molecule has 1 unspecified atom stereocenters. The molecule has 0 radical (unpaired) electrons. The number of para-hydroxylation sites is 1. The Morgan fingerprint density at radius 2 is 2.11 bits per heavy atom. The number of carboxylic acids is 1. The second-order valence-electron chi connectivity index (χ2n) is 4.69. The highest BCUT2D eigenvalue weighted by Crippen LogP contribution is 2.32. The summed E-state index contributed by atoms with van der Waals surface area (Å²) in [6.07, 6.45) is 2.14. The lowest BCUT2D eigenvalue weighted by Gasteiger charge is -2.15. The highest BCUT2D eigenvalue weighted by molar-refractivity contribution is 6.00.